The van der Waals surface area contributed by atoms with E-state index in [1.165, 1.54) is 21.1 Å². The van der Waals surface area contributed by atoms with Crippen molar-refractivity contribution in [3.8, 4) is 5.75 Å². The molecule has 0 aliphatic carbocycles. The van der Waals surface area contributed by atoms with Crippen LogP contribution >= 0.6 is 0 Å². The lowest BCUT2D eigenvalue weighted by molar-refractivity contribution is -0.189. The van der Waals surface area contributed by atoms with Crippen LogP contribution in [0.1, 0.15) is 32.3 Å². The maximum absolute atomic E-state index is 13.4. The van der Waals surface area contributed by atoms with Gasteiger partial charge in [-0.1, -0.05) is 19.1 Å². The molecule has 1 aliphatic rings. The maximum Gasteiger partial charge on any atom is 0.471 e. The summed E-state index contributed by atoms with van der Waals surface area (Å²) in [5.74, 6) is -1.58. The van der Waals surface area contributed by atoms with E-state index in [1.54, 1.807) is 36.1 Å². The highest BCUT2D eigenvalue weighted by molar-refractivity contribution is 5.82. The third kappa shape index (κ3) is 5.20. The third-order valence-electron chi connectivity index (χ3n) is 5.27. The molecule has 2 amide bonds. The number of nitrogens with zero attached hydrogens (tertiary/aromatic N) is 2. The van der Waals surface area contributed by atoms with Crippen LogP contribution in [0.3, 0.4) is 0 Å². The molecular formula is C20H27F3N2O4. The summed E-state index contributed by atoms with van der Waals surface area (Å²) in [5, 5.41) is 0. The number of hydrogen-bond donors (Lipinski definition) is 0. The van der Waals surface area contributed by atoms with Crippen molar-refractivity contribution in [2.45, 2.75) is 57.5 Å². The average molecular weight is 416 g/mol. The minimum atomic E-state index is -5.01. The lowest BCUT2D eigenvalue weighted by Gasteiger charge is -2.35. The molecule has 6 nitrogen and oxygen atoms in total. The fourth-order valence-electron chi connectivity index (χ4n) is 4.07. The zero-order valence-corrected chi connectivity index (χ0v) is 17.0. The molecule has 0 radical (unpaired) electrons. The largest absolute Gasteiger partial charge is 0.497 e. The second-order valence-electron chi connectivity index (χ2n) is 7.09. The first-order valence-electron chi connectivity index (χ1n) is 9.42. The lowest BCUT2D eigenvalue weighted by atomic mass is 10.0. The standard InChI is InChI=1S/C20H27F3N2O4/c1-5-17-18(10-15(12-28-3)25(17)13(2)26)24(19(27)20(21,22)23)11-14-6-8-16(29-4)9-7-14/h6-9,15,17-18H,5,10-12H2,1-4H3/t15-,17-,18-/m0/s1. The fourth-order valence-corrected chi connectivity index (χ4v) is 4.07. The Labute approximate surface area is 168 Å². The molecule has 1 aliphatic heterocycles. The number of methoxy groups -OCH3 is 2. The average Bonchev–Trinajstić information content (AvgIpc) is 3.04. The van der Waals surface area contributed by atoms with Crippen molar-refractivity contribution in [3.63, 3.8) is 0 Å². The van der Waals surface area contributed by atoms with Crippen LogP contribution in [0.25, 0.3) is 0 Å². The predicted molar refractivity (Wildman–Crippen MR) is 100 cm³/mol. The van der Waals surface area contributed by atoms with E-state index in [9.17, 15) is 22.8 Å². The molecule has 2 rings (SSSR count). The number of amides is 2. The van der Waals surface area contributed by atoms with E-state index in [2.05, 4.69) is 0 Å². The Kier molecular flexibility index (Phi) is 7.51. The van der Waals surface area contributed by atoms with Crippen LogP contribution in [0.15, 0.2) is 24.3 Å². The summed E-state index contributed by atoms with van der Waals surface area (Å²) in [7, 11) is 2.97. The van der Waals surface area contributed by atoms with Crippen molar-refractivity contribution in [2.24, 2.45) is 0 Å². The fraction of sp³-hybridized carbons (Fsp3) is 0.600. The summed E-state index contributed by atoms with van der Waals surface area (Å²) < 4.78 is 50.4. The lowest BCUT2D eigenvalue weighted by Crippen LogP contribution is -2.52. The van der Waals surface area contributed by atoms with E-state index in [-0.39, 0.29) is 31.5 Å². The number of hydrogen-bond acceptors (Lipinski definition) is 4. The van der Waals surface area contributed by atoms with Crippen LogP contribution in [0.4, 0.5) is 13.2 Å². The highest BCUT2D eigenvalue weighted by Crippen LogP contribution is 2.34. The van der Waals surface area contributed by atoms with Crippen molar-refractivity contribution >= 4 is 11.8 Å². The van der Waals surface area contributed by atoms with Crippen LogP contribution in [-0.2, 0) is 20.9 Å². The van der Waals surface area contributed by atoms with E-state index in [4.69, 9.17) is 9.47 Å². The second-order valence-corrected chi connectivity index (χ2v) is 7.09. The Balaban J connectivity index is 2.40. The minimum Gasteiger partial charge on any atom is -0.497 e. The number of carbonyl (C=O) groups is 2. The van der Waals surface area contributed by atoms with E-state index in [1.807, 2.05) is 0 Å². The van der Waals surface area contributed by atoms with Crippen molar-refractivity contribution in [1.82, 2.24) is 9.80 Å². The van der Waals surface area contributed by atoms with Gasteiger partial charge in [0, 0.05) is 20.6 Å². The summed E-state index contributed by atoms with van der Waals surface area (Å²) in [6.07, 6.45) is -4.36. The summed E-state index contributed by atoms with van der Waals surface area (Å²) in [6, 6.07) is 4.85. The van der Waals surface area contributed by atoms with E-state index in [0.717, 1.165) is 4.90 Å². The van der Waals surface area contributed by atoms with Gasteiger partial charge in [0.1, 0.15) is 5.75 Å². The van der Waals surface area contributed by atoms with Crippen LogP contribution in [0.2, 0.25) is 0 Å². The van der Waals surface area contributed by atoms with Gasteiger partial charge < -0.3 is 19.3 Å². The van der Waals surface area contributed by atoms with Gasteiger partial charge in [0.05, 0.1) is 31.8 Å². The van der Waals surface area contributed by atoms with Crippen molar-refractivity contribution in [3.05, 3.63) is 29.8 Å². The molecule has 29 heavy (non-hydrogen) atoms. The van der Waals surface area contributed by atoms with E-state index in [0.29, 0.717) is 17.7 Å². The highest BCUT2D eigenvalue weighted by atomic mass is 19.4. The SMILES string of the molecule is CC[C@H]1[C@@H](N(Cc2ccc(OC)cc2)C(=O)C(F)(F)F)C[C@@H](COC)N1C(C)=O. The Bertz CT molecular complexity index is 709. The van der Waals surface area contributed by atoms with Gasteiger partial charge in [0.15, 0.2) is 0 Å². The van der Waals surface area contributed by atoms with Gasteiger partial charge in [-0.25, -0.2) is 0 Å². The molecule has 0 bridgehead atoms. The number of rotatable bonds is 7. The normalized spacial score (nSPS) is 21.9. The zero-order valence-electron chi connectivity index (χ0n) is 17.0. The number of halogens is 3. The topological polar surface area (TPSA) is 59.1 Å². The van der Waals surface area contributed by atoms with Gasteiger partial charge in [0.25, 0.3) is 0 Å². The molecular weight excluding hydrogens is 389 g/mol. The Morgan fingerprint density at radius 1 is 1.21 bits per heavy atom. The molecule has 1 saturated heterocycles. The first-order chi connectivity index (χ1) is 13.6. The summed E-state index contributed by atoms with van der Waals surface area (Å²) >= 11 is 0. The zero-order chi connectivity index (χ0) is 21.8. The molecule has 9 heteroatoms. The molecule has 1 heterocycles. The Hall–Kier alpha value is -2.29. The summed E-state index contributed by atoms with van der Waals surface area (Å²) in [5.41, 5.74) is 0.544. The van der Waals surface area contributed by atoms with Crippen LogP contribution < -0.4 is 4.74 Å². The van der Waals surface area contributed by atoms with Crippen LogP contribution in [0.5, 0.6) is 5.75 Å². The van der Waals surface area contributed by atoms with Crippen LogP contribution in [0, 0.1) is 0 Å². The molecule has 0 saturated carbocycles. The smallest absolute Gasteiger partial charge is 0.471 e. The van der Waals surface area contributed by atoms with Gasteiger partial charge in [0.2, 0.25) is 5.91 Å². The molecule has 0 aromatic heterocycles. The molecule has 1 aromatic rings. The molecule has 3 atom stereocenters. The maximum atomic E-state index is 13.4. The summed E-state index contributed by atoms with van der Waals surface area (Å²) in [6.45, 7) is 3.16. The number of likely N-dealkylation sites (tertiary alicyclic amines) is 1. The molecule has 1 fully saturated rings. The van der Waals surface area contributed by atoms with Gasteiger partial charge in [-0.3, -0.25) is 9.59 Å². The molecule has 0 unspecified atom stereocenters. The third-order valence-corrected chi connectivity index (χ3v) is 5.27. The number of carbonyl (C=O) groups excluding carboxylic acids is 2. The van der Waals surface area contributed by atoms with Gasteiger partial charge in [-0.05, 0) is 30.5 Å². The van der Waals surface area contributed by atoms with Crippen molar-refractivity contribution in [1.29, 1.82) is 0 Å². The first kappa shape index (κ1) is 23.0. The highest BCUT2D eigenvalue weighted by Gasteiger charge is 2.51. The van der Waals surface area contributed by atoms with Gasteiger partial charge in [-0.15, -0.1) is 0 Å². The molecule has 162 valence electrons. The minimum absolute atomic E-state index is 0.198. The molecule has 0 N–H and O–H groups in total. The Morgan fingerprint density at radius 2 is 1.83 bits per heavy atom. The number of ether oxygens (including phenoxy) is 2. The van der Waals surface area contributed by atoms with Gasteiger partial charge >= 0.3 is 12.1 Å². The van der Waals surface area contributed by atoms with E-state index < -0.39 is 24.2 Å². The Morgan fingerprint density at radius 3 is 2.28 bits per heavy atom. The monoisotopic (exact) mass is 416 g/mol. The summed E-state index contributed by atoms with van der Waals surface area (Å²) in [4.78, 5) is 26.9. The second kappa shape index (κ2) is 9.47. The molecule has 1 aromatic carbocycles. The molecule has 0 spiro atoms. The van der Waals surface area contributed by atoms with Gasteiger partial charge in [-0.2, -0.15) is 13.2 Å². The van der Waals surface area contributed by atoms with Crippen molar-refractivity contribution < 1.29 is 32.2 Å². The van der Waals surface area contributed by atoms with E-state index >= 15 is 0 Å². The first-order valence-corrected chi connectivity index (χ1v) is 9.42. The number of alkyl halides is 3. The predicted octanol–water partition coefficient (Wildman–Crippen LogP) is 3.00. The van der Waals surface area contributed by atoms with Crippen LogP contribution in [-0.4, -0.2) is 66.7 Å². The quantitative estimate of drug-likeness (QED) is 0.686. The van der Waals surface area contributed by atoms with Crippen molar-refractivity contribution in [2.75, 3.05) is 20.8 Å². The number of benzene rings is 1.